The highest BCUT2D eigenvalue weighted by Crippen LogP contribution is 2.17. The van der Waals surface area contributed by atoms with E-state index in [1.165, 1.54) is 0 Å². The number of benzene rings is 2. The summed E-state index contributed by atoms with van der Waals surface area (Å²) in [6, 6.07) is 17.1. The molecule has 0 spiro atoms. The van der Waals surface area contributed by atoms with Gasteiger partial charge in [0.05, 0.1) is 0 Å². The second kappa shape index (κ2) is 8.98. The van der Waals surface area contributed by atoms with Crippen LogP contribution in [0.5, 0.6) is 5.75 Å². The van der Waals surface area contributed by atoms with E-state index in [0.29, 0.717) is 17.5 Å². The SMILES string of the molecule is CC(C)N(Cc1nc(-c2ccccc2)no1)C(=O)COc1ccc(I)cc1. The third-order valence-electron chi connectivity index (χ3n) is 3.93. The molecule has 0 aliphatic rings. The van der Waals surface area contributed by atoms with E-state index in [9.17, 15) is 4.79 Å². The van der Waals surface area contributed by atoms with Crippen LogP contribution in [0.25, 0.3) is 11.4 Å². The number of hydrogen-bond acceptors (Lipinski definition) is 5. The first kappa shape index (κ1) is 19.3. The monoisotopic (exact) mass is 477 g/mol. The topological polar surface area (TPSA) is 68.5 Å². The van der Waals surface area contributed by atoms with Crippen LogP contribution in [0.15, 0.2) is 59.1 Å². The van der Waals surface area contributed by atoms with Gasteiger partial charge < -0.3 is 14.2 Å². The van der Waals surface area contributed by atoms with Gasteiger partial charge in [-0.05, 0) is 60.7 Å². The van der Waals surface area contributed by atoms with Crippen LogP contribution in [-0.4, -0.2) is 33.6 Å². The van der Waals surface area contributed by atoms with Crippen LogP contribution in [0.3, 0.4) is 0 Å². The number of nitrogens with zero attached hydrogens (tertiary/aromatic N) is 3. The summed E-state index contributed by atoms with van der Waals surface area (Å²) in [6.07, 6.45) is 0. The van der Waals surface area contributed by atoms with Crippen molar-refractivity contribution in [1.82, 2.24) is 15.0 Å². The van der Waals surface area contributed by atoms with E-state index < -0.39 is 0 Å². The molecule has 1 amide bonds. The van der Waals surface area contributed by atoms with Crippen molar-refractivity contribution in [2.75, 3.05) is 6.61 Å². The molecule has 0 saturated carbocycles. The van der Waals surface area contributed by atoms with Gasteiger partial charge in [-0.3, -0.25) is 4.79 Å². The Kier molecular flexibility index (Phi) is 6.44. The third-order valence-corrected chi connectivity index (χ3v) is 4.64. The van der Waals surface area contributed by atoms with Crippen LogP contribution in [0.1, 0.15) is 19.7 Å². The van der Waals surface area contributed by atoms with Gasteiger partial charge in [0.25, 0.3) is 5.91 Å². The molecule has 0 aliphatic carbocycles. The molecule has 3 aromatic rings. The number of rotatable bonds is 7. The summed E-state index contributed by atoms with van der Waals surface area (Å²) in [5, 5.41) is 4.00. The summed E-state index contributed by atoms with van der Waals surface area (Å²) in [5.74, 6) is 1.43. The Morgan fingerprint density at radius 3 is 2.52 bits per heavy atom. The minimum atomic E-state index is -0.136. The Morgan fingerprint density at radius 1 is 1.15 bits per heavy atom. The lowest BCUT2D eigenvalue weighted by molar-refractivity contribution is -0.136. The van der Waals surface area contributed by atoms with Gasteiger partial charge in [-0.25, -0.2) is 0 Å². The van der Waals surface area contributed by atoms with Crippen molar-refractivity contribution in [3.63, 3.8) is 0 Å². The summed E-state index contributed by atoms with van der Waals surface area (Å²) in [6.45, 7) is 4.08. The minimum Gasteiger partial charge on any atom is -0.484 e. The first-order valence-corrected chi connectivity index (χ1v) is 9.66. The maximum atomic E-state index is 12.6. The summed E-state index contributed by atoms with van der Waals surface area (Å²) in [5.41, 5.74) is 0.872. The molecule has 0 aliphatic heterocycles. The summed E-state index contributed by atoms with van der Waals surface area (Å²) in [7, 11) is 0. The Labute approximate surface area is 171 Å². The molecule has 0 atom stereocenters. The number of carbonyl (C=O) groups is 1. The van der Waals surface area contributed by atoms with Crippen molar-refractivity contribution < 1.29 is 14.1 Å². The standard InChI is InChI=1S/C20H20IN3O3/c1-14(2)24(19(25)13-26-17-10-8-16(21)9-11-17)12-18-22-20(23-27-18)15-6-4-3-5-7-15/h3-11,14H,12-13H2,1-2H3. The van der Waals surface area contributed by atoms with Crippen LogP contribution in [0, 0.1) is 3.57 Å². The number of hydrogen-bond donors (Lipinski definition) is 0. The van der Waals surface area contributed by atoms with Crippen molar-refractivity contribution in [1.29, 1.82) is 0 Å². The summed E-state index contributed by atoms with van der Waals surface area (Å²) < 4.78 is 12.0. The van der Waals surface area contributed by atoms with Crippen LogP contribution in [-0.2, 0) is 11.3 Å². The maximum absolute atomic E-state index is 12.6. The molecule has 0 bridgehead atoms. The highest BCUT2D eigenvalue weighted by atomic mass is 127. The van der Waals surface area contributed by atoms with E-state index in [0.717, 1.165) is 9.13 Å². The van der Waals surface area contributed by atoms with Crippen LogP contribution >= 0.6 is 22.6 Å². The summed E-state index contributed by atoms with van der Waals surface area (Å²) >= 11 is 2.22. The van der Waals surface area contributed by atoms with E-state index in [1.807, 2.05) is 68.4 Å². The fraction of sp³-hybridized carbons (Fsp3) is 0.250. The van der Waals surface area contributed by atoms with Gasteiger partial charge in [0, 0.05) is 15.2 Å². The fourth-order valence-electron chi connectivity index (χ4n) is 2.49. The number of amides is 1. The van der Waals surface area contributed by atoms with Crippen molar-refractivity contribution in [2.24, 2.45) is 0 Å². The highest BCUT2D eigenvalue weighted by molar-refractivity contribution is 14.1. The van der Waals surface area contributed by atoms with Gasteiger partial charge in [-0.1, -0.05) is 35.5 Å². The van der Waals surface area contributed by atoms with Gasteiger partial charge in [0.2, 0.25) is 11.7 Å². The average molecular weight is 477 g/mol. The molecule has 1 aromatic heterocycles. The largest absolute Gasteiger partial charge is 0.484 e. The van der Waals surface area contributed by atoms with E-state index in [-0.39, 0.29) is 25.1 Å². The number of halogens is 1. The van der Waals surface area contributed by atoms with Crippen molar-refractivity contribution in [3.8, 4) is 17.1 Å². The molecule has 0 radical (unpaired) electrons. The highest BCUT2D eigenvalue weighted by Gasteiger charge is 2.21. The Balaban J connectivity index is 1.64. The Bertz CT molecular complexity index is 879. The average Bonchev–Trinajstić information content (AvgIpc) is 3.15. The predicted molar refractivity (Wildman–Crippen MR) is 110 cm³/mol. The molecule has 1 heterocycles. The van der Waals surface area contributed by atoms with Crippen molar-refractivity contribution in [3.05, 3.63) is 64.1 Å². The van der Waals surface area contributed by atoms with Crippen LogP contribution in [0.4, 0.5) is 0 Å². The Morgan fingerprint density at radius 2 is 1.85 bits per heavy atom. The first-order valence-electron chi connectivity index (χ1n) is 8.59. The molecule has 0 saturated heterocycles. The van der Waals surface area contributed by atoms with Crippen molar-refractivity contribution >= 4 is 28.5 Å². The van der Waals surface area contributed by atoms with Gasteiger partial charge in [0.1, 0.15) is 12.3 Å². The van der Waals surface area contributed by atoms with E-state index in [2.05, 4.69) is 32.7 Å². The summed E-state index contributed by atoms with van der Waals surface area (Å²) in [4.78, 5) is 18.7. The van der Waals surface area contributed by atoms with Gasteiger partial charge in [0.15, 0.2) is 6.61 Å². The quantitative estimate of drug-likeness (QED) is 0.479. The predicted octanol–water partition coefficient (Wildman–Crippen LogP) is 4.16. The maximum Gasteiger partial charge on any atom is 0.261 e. The van der Waals surface area contributed by atoms with E-state index >= 15 is 0 Å². The van der Waals surface area contributed by atoms with Crippen LogP contribution in [0.2, 0.25) is 0 Å². The van der Waals surface area contributed by atoms with Crippen molar-refractivity contribution in [2.45, 2.75) is 26.4 Å². The van der Waals surface area contributed by atoms with Gasteiger partial charge >= 0.3 is 0 Å². The molecule has 0 unspecified atom stereocenters. The van der Waals surface area contributed by atoms with Gasteiger partial charge in [-0.2, -0.15) is 4.98 Å². The first-order chi connectivity index (χ1) is 13.0. The fourth-order valence-corrected chi connectivity index (χ4v) is 2.85. The molecule has 6 nitrogen and oxygen atoms in total. The lowest BCUT2D eigenvalue weighted by Crippen LogP contribution is -2.39. The normalized spacial score (nSPS) is 10.8. The van der Waals surface area contributed by atoms with Gasteiger partial charge in [-0.15, -0.1) is 0 Å². The zero-order chi connectivity index (χ0) is 19.2. The molecule has 0 N–H and O–H groups in total. The number of carbonyl (C=O) groups excluding carboxylic acids is 1. The lowest BCUT2D eigenvalue weighted by atomic mass is 10.2. The molecule has 27 heavy (non-hydrogen) atoms. The molecule has 7 heteroatoms. The van der Waals surface area contributed by atoms with Crippen LogP contribution < -0.4 is 4.74 Å². The molecule has 140 valence electrons. The second-order valence-corrected chi connectivity index (χ2v) is 7.48. The zero-order valence-electron chi connectivity index (χ0n) is 15.1. The van der Waals surface area contributed by atoms with E-state index in [4.69, 9.17) is 9.26 Å². The third kappa shape index (κ3) is 5.29. The number of ether oxygens (including phenoxy) is 1. The molecular weight excluding hydrogens is 457 g/mol. The minimum absolute atomic E-state index is 0.0232. The smallest absolute Gasteiger partial charge is 0.261 e. The molecule has 0 fully saturated rings. The lowest BCUT2D eigenvalue weighted by Gasteiger charge is -2.25. The second-order valence-electron chi connectivity index (χ2n) is 6.24. The molecule has 2 aromatic carbocycles. The number of aromatic nitrogens is 2. The molecule has 3 rings (SSSR count). The zero-order valence-corrected chi connectivity index (χ0v) is 17.3. The van der Waals surface area contributed by atoms with E-state index in [1.54, 1.807) is 4.90 Å². The Hall–Kier alpha value is -2.42. The molecular formula is C20H20IN3O3.